The van der Waals surface area contributed by atoms with Gasteiger partial charge in [-0.1, -0.05) is 24.2 Å². The van der Waals surface area contributed by atoms with Crippen LogP contribution in [0.3, 0.4) is 0 Å². The van der Waals surface area contributed by atoms with Crippen molar-refractivity contribution in [3.05, 3.63) is 20.7 Å². The zero-order chi connectivity index (χ0) is 11.5. The van der Waals surface area contributed by atoms with Crippen molar-refractivity contribution in [1.29, 1.82) is 0 Å². The zero-order valence-electron chi connectivity index (χ0n) is 9.02. The van der Waals surface area contributed by atoms with Crippen LogP contribution in [0.2, 0.25) is 0 Å². The summed E-state index contributed by atoms with van der Waals surface area (Å²) in [5.41, 5.74) is 1.05. The predicted molar refractivity (Wildman–Crippen MR) is 62.0 cm³/mol. The Morgan fingerprint density at radius 2 is 2.19 bits per heavy atom. The average molecular weight is 241 g/mol. The van der Waals surface area contributed by atoms with Gasteiger partial charge in [-0.2, -0.15) is 0 Å². The van der Waals surface area contributed by atoms with Gasteiger partial charge in [-0.25, -0.2) is 0 Å². The third kappa shape index (κ3) is 2.35. The van der Waals surface area contributed by atoms with Gasteiger partial charge >= 0.3 is 10.8 Å². The molecule has 0 aromatic carbocycles. The Labute approximate surface area is 97.5 Å². The highest BCUT2D eigenvalue weighted by Gasteiger charge is 2.21. The molecule has 1 aliphatic carbocycles. The van der Waals surface area contributed by atoms with Crippen LogP contribution in [0.1, 0.15) is 43.7 Å². The van der Waals surface area contributed by atoms with Crippen molar-refractivity contribution in [2.45, 2.75) is 44.6 Å². The van der Waals surface area contributed by atoms with Crippen molar-refractivity contribution in [2.24, 2.45) is 0 Å². The van der Waals surface area contributed by atoms with Gasteiger partial charge in [-0.15, -0.1) is 0 Å². The van der Waals surface area contributed by atoms with Crippen LogP contribution in [-0.4, -0.2) is 15.6 Å². The molecule has 0 bridgehead atoms. The summed E-state index contributed by atoms with van der Waals surface area (Å²) < 4.78 is 1.65. The zero-order valence-corrected chi connectivity index (χ0v) is 9.83. The lowest BCUT2D eigenvalue weighted by Crippen LogP contribution is -2.19. The summed E-state index contributed by atoms with van der Waals surface area (Å²) in [5.74, 6) is -0.386. The smallest absolute Gasteiger partial charge is 0.307 e. The van der Waals surface area contributed by atoms with Crippen molar-refractivity contribution in [1.82, 2.24) is 4.57 Å². The van der Waals surface area contributed by atoms with Crippen molar-refractivity contribution in [2.75, 3.05) is 0 Å². The molecule has 0 spiro atoms. The Balaban J connectivity index is 2.18. The van der Waals surface area contributed by atoms with Crippen LogP contribution >= 0.6 is 11.3 Å². The van der Waals surface area contributed by atoms with Gasteiger partial charge in [0.05, 0.1) is 6.42 Å². The lowest BCUT2D eigenvalue weighted by molar-refractivity contribution is -0.137. The third-order valence-corrected chi connectivity index (χ3v) is 3.92. The van der Waals surface area contributed by atoms with Gasteiger partial charge in [0.2, 0.25) is 0 Å². The summed E-state index contributed by atoms with van der Waals surface area (Å²) in [7, 11) is 0. The molecular formula is C11H15NO3S. The molecule has 1 aliphatic rings. The Hall–Kier alpha value is -1.10. The second-order valence-corrected chi connectivity index (χ2v) is 5.02. The predicted octanol–water partition coefficient (Wildman–Crippen LogP) is 2.04. The summed E-state index contributed by atoms with van der Waals surface area (Å²) in [6.07, 6.45) is 4.71. The molecule has 1 fully saturated rings. The molecule has 2 rings (SSSR count). The molecule has 4 nitrogen and oxygen atoms in total. The minimum Gasteiger partial charge on any atom is -0.481 e. The quantitative estimate of drug-likeness (QED) is 0.877. The van der Waals surface area contributed by atoms with Crippen LogP contribution < -0.4 is 4.87 Å². The first-order valence-corrected chi connectivity index (χ1v) is 6.46. The Kier molecular flexibility index (Phi) is 3.43. The number of carboxylic acids is 1. The molecule has 0 saturated heterocycles. The second-order valence-electron chi connectivity index (χ2n) is 4.20. The van der Waals surface area contributed by atoms with Crippen LogP contribution in [0.4, 0.5) is 0 Å². The molecule has 0 amide bonds. The summed E-state index contributed by atoms with van der Waals surface area (Å²) in [5, 5.41) is 10.6. The average Bonchev–Trinajstić information content (AvgIpc) is 2.83. The number of carbonyl (C=O) groups is 1. The number of aliphatic carboxylic acids is 1. The van der Waals surface area contributed by atoms with Crippen molar-refractivity contribution in [3.8, 4) is 0 Å². The van der Waals surface area contributed by atoms with E-state index in [0.717, 1.165) is 18.5 Å². The molecule has 0 aliphatic heterocycles. The fraction of sp³-hybridized carbons (Fsp3) is 0.636. The summed E-state index contributed by atoms with van der Waals surface area (Å²) in [4.78, 5) is 22.1. The van der Waals surface area contributed by atoms with Gasteiger partial charge in [0, 0.05) is 23.5 Å². The van der Waals surface area contributed by atoms with Gasteiger partial charge in [-0.3, -0.25) is 9.59 Å². The van der Waals surface area contributed by atoms with E-state index >= 15 is 0 Å². The first-order chi connectivity index (χ1) is 7.68. The highest BCUT2D eigenvalue weighted by atomic mass is 32.1. The SMILES string of the molecule is O=C(O)CCn1c(C2CCCC2)csc1=O. The standard InChI is InChI=1S/C11H15NO3S/c13-10(14)5-6-12-9(7-16-11(12)15)8-3-1-2-4-8/h7-8H,1-6H2,(H,13,14). The topological polar surface area (TPSA) is 59.3 Å². The van der Waals surface area contributed by atoms with Gasteiger partial charge < -0.3 is 9.67 Å². The molecule has 0 radical (unpaired) electrons. The maximum Gasteiger partial charge on any atom is 0.307 e. The number of carboxylic acid groups (broad SMARTS) is 1. The van der Waals surface area contributed by atoms with E-state index in [4.69, 9.17) is 5.11 Å². The second kappa shape index (κ2) is 4.82. The molecule has 1 aromatic heterocycles. The van der Waals surface area contributed by atoms with Crippen LogP contribution in [0, 0.1) is 0 Å². The van der Waals surface area contributed by atoms with Gasteiger partial charge in [0.25, 0.3) is 0 Å². The summed E-state index contributed by atoms with van der Waals surface area (Å²) in [6, 6.07) is 0. The van der Waals surface area contributed by atoms with E-state index in [1.54, 1.807) is 4.57 Å². The van der Waals surface area contributed by atoms with Crippen LogP contribution in [-0.2, 0) is 11.3 Å². The molecule has 1 saturated carbocycles. The maximum atomic E-state index is 11.6. The third-order valence-electron chi connectivity index (χ3n) is 3.14. The lowest BCUT2D eigenvalue weighted by atomic mass is 10.1. The highest BCUT2D eigenvalue weighted by Crippen LogP contribution is 2.34. The minimum absolute atomic E-state index is 0.0242. The highest BCUT2D eigenvalue weighted by molar-refractivity contribution is 7.07. The van der Waals surface area contributed by atoms with Gasteiger partial charge in [0.15, 0.2) is 0 Å². The fourth-order valence-electron chi connectivity index (χ4n) is 2.31. The minimum atomic E-state index is -0.851. The van der Waals surface area contributed by atoms with Crippen molar-refractivity contribution in [3.63, 3.8) is 0 Å². The normalized spacial score (nSPS) is 16.8. The molecule has 5 heteroatoms. The lowest BCUT2D eigenvalue weighted by Gasteiger charge is -2.11. The maximum absolute atomic E-state index is 11.6. The van der Waals surface area contributed by atoms with E-state index in [2.05, 4.69) is 0 Å². The molecule has 16 heavy (non-hydrogen) atoms. The first kappa shape index (κ1) is 11.4. The fourth-order valence-corrected chi connectivity index (χ4v) is 3.17. The first-order valence-electron chi connectivity index (χ1n) is 5.58. The number of rotatable bonds is 4. The van der Waals surface area contributed by atoms with Gasteiger partial charge in [-0.05, 0) is 12.8 Å². The Morgan fingerprint density at radius 3 is 2.81 bits per heavy atom. The number of thiazole rings is 1. The van der Waals surface area contributed by atoms with E-state index < -0.39 is 5.97 Å². The van der Waals surface area contributed by atoms with Crippen LogP contribution in [0.15, 0.2) is 10.2 Å². The monoisotopic (exact) mass is 241 g/mol. The van der Waals surface area contributed by atoms with E-state index in [0.29, 0.717) is 12.5 Å². The summed E-state index contributed by atoms with van der Waals surface area (Å²) in [6.45, 7) is 0.309. The van der Waals surface area contributed by atoms with Gasteiger partial charge in [0.1, 0.15) is 0 Å². The van der Waals surface area contributed by atoms with E-state index in [1.807, 2.05) is 5.38 Å². The van der Waals surface area contributed by atoms with E-state index in [9.17, 15) is 9.59 Å². The number of hydrogen-bond donors (Lipinski definition) is 1. The molecule has 1 aromatic rings. The number of nitrogens with zero attached hydrogens (tertiary/aromatic N) is 1. The van der Waals surface area contributed by atoms with Crippen molar-refractivity contribution >= 4 is 17.3 Å². The van der Waals surface area contributed by atoms with E-state index in [1.165, 1.54) is 24.2 Å². The number of aromatic nitrogens is 1. The van der Waals surface area contributed by atoms with E-state index in [-0.39, 0.29) is 11.3 Å². The number of hydrogen-bond acceptors (Lipinski definition) is 3. The van der Waals surface area contributed by atoms with Crippen molar-refractivity contribution < 1.29 is 9.90 Å². The molecule has 88 valence electrons. The largest absolute Gasteiger partial charge is 0.481 e. The Morgan fingerprint density at radius 1 is 1.50 bits per heavy atom. The van der Waals surface area contributed by atoms with Crippen LogP contribution in [0.5, 0.6) is 0 Å². The van der Waals surface area contributed by atoms with Crippen LogP contribution in [0.25, 0.3) is 0 Å². The summed E-state index contributed by atoms with van der Waals surface area (Å²) >= 11 is 1.18. The molecule has 0 atom stereocenters. The molecule has 0 unspecified atom stereocenters. The molecular weight excluding hydrogens is 226 g/mol. The molecule has 1 N–H and O–H groups in total. The molecule has 1 heterocycles. The Bertz CT molecular complexity index is 429.